The van der Waals surface area contributed by atoms with Gasteiger partial charge in [-0.2, -0.15) is 5.10 Å². The summed E-state index contributed by atoms with van der Waals surface area (Å²) in [5.41, 5.74) is 8.19. The molecule has 84 valence electrons. The second-order valence-corrected chi connectivity index (χ2v) is 4.85. The van der Waals surface area contributed by atoms with E-state index in [4.69, 9.17) is 17.3 Å². The summed E-state index contributed by atoms with van der Waals surface area (Å²) in [6.07, 6.45) is 2.14. The third kappa shape index (κ3) is 1.35. The molecule has 0 saturated heterocycles. The molecule has 0 atom stereocenters. The van der Waals surface area contributed by atoms with Gasteiger partial charge in [0.1, 0.15) is 5.15 Å². The highest BCUT2D eigenvalue weighted by Gasteiger charge is 2.40. The molecule has 1 saturated carbocycles. The number of nitrogens with zero attached hydrogens (tertiary/aromatic N) is 2. The Balaban J connectivity index is 2.18. The highest BCUT2D eigenvalue weighted by molar-refractivity contribution is 6.34. The van der Waals surface area contributed by atoms with Crippen molar-refractivity contribution in [1.29, 1.82) is 0 Å². The van der Waals surface area contributed by atoms with Crippen LogP contribution in [0, 0.1) is 0 Å². The summed E-state index contributed by atoms with van der Waals surface area (Å²) in [7, 11) is 0. The second-order valence-electron chi connectivity index (χ2n) is 4.49. The molecular formula is C12H14ClN3. The van der Waals surface area contributed by atoms with E-state index >= 15 is 0 Å². The number of aryl methyl sites for hydroxylation is 1. The van der Waals surface area contributed by atoms with Crippen molar-refractivity contribution in [2.75, 3.05) is 0 Å². The lowest BCUT2D eigenvalue weighted by molar-refractivity contribution is 0.668. The Hall–Kier alpha value is -1.06. The van der Waals surface area contributed by atoms with Crippen LogP contribution in [0.1, 0.15) is 25.3 Å². The van der Waals surface area contributed by atoms with Crippen molar-refractivity contribution < 1.29 is 0 Å². The van der Waals surface area contributed by atoms with Gasteiger partial charge in [-0.05, 0) is 37.5 Å². The summed E-state index contributed by atoms with van der Waals surface area (Å²) in [5, 5.41) is 6.19. The molecule has 16 heavy (non-hydrogen) atoms. The zero-order valence-corrected chi connectivity index (χ0v) is 9.96. The first-order valence-corrected chi connectivity index (χ1v) is 5.97. The van der Waals surface area contributed by atoms with Crippen molar-refractivity contribution in [3.8, 4) is 0 Å². The summed E-state index contributed by atoms with van der Waals surface area (Å²) in [4.78, 5) is 0. The van der Waals surface area contributed by atoms with Gasteiger partial charge in [-0.25, -0.2) is 0 Å². The number of fused-ring (bicyclic) bond motifs is 1. The number of halogens is 1. The highest BCUT2D eigenvalue weighted by atomic mass is 35.5. The average Bonchev–Trinajstić information content (AvgIpc) is 2.96. The molecule has 1 aromatic heterocycles. The van der Waals surface area contributed by atoms with Crippen LogP contribution in [0.25, 0.3) is 10.9 Å². The van der Waals surface area contributed by atoms with E-state index in [2.05, 4.69) is 17.2 Å². The minimum absolute atomic E-state index is 0.101. The second kappa shape index (κ2) is 3.22. The molecule has 3 rings (SSSR count). The van der Waals surface area contributed by atoms with Gasteiger partial charge in [0.05, 0.1) is 5.52 Å². The van der Waals surface area contributed by atoms with Crippen LogP contribution in [0.3, 0.4) is 0 Å². The number of nitrogens with two attached hydrogens (primary N) is 1. The minimum Gasteiger partial charge on any atom is -0.321 e. The van der Waals surface area contributed by atoms with Gasteiger partial charge in [0, 0.05) is 17.5 Å². The zero-order valence-electron chi connectivity index (χ0n) is 9.20. The zero-order chi connectivity index (χ0) is 11.3. The third-order valence-electron chi connectivity index (χ3n) is 3.34. The molecule has 1 aromatic carbocycles. The summed E-state index contributed by atoms with van der Waals surface area (Å²) < 4.78 is 1.81. The van der Waals surface area contributed by atoms with Gasteiger partial charge in [-0.1, -0.05) is 17.7 Å². The molecule has 0 amide bonds. The Morgan fingerprint density at radius 2 is 2.25 bits per heavy atom. The van der Waals surface area contributed by atoms with Gasteiger partial charge in [0.15, 0.2) is 0 Å². The van der Waals surface area contributed by atoms with E-state index < -0.39 is 0 Å². The van der Waals surface area contributed by atoms with E-state index in [0.717, 1.165) is 30.3 Å². The predicted molar refractivity (Wildman–Crippen MR) is 65.5 cm³/mol. The molecule has 1 heterocycles. The maximum absolute atomic E-state index is 6.21. The summed E-state index contributed by atoms with van der Waals surface area (Å²) in [5.74, 6) is 0. The van der Waals surface area contributed by atoms with Gasteiger partial charge in [-0.3, -0.25) is 4.68 Å². The first kappa shape index (κ1) is 10.1. The third-order valence-corrected chi connectivity index (χ3v) is 3.74. The van der Waals surface area contributed by atoms with Crippen molar-refractivity contribution in [3.05, 3.63) is 28.9 Å². The van der Waals surface area contributed by atoms with Crippen molar-refractivity contribution in [3.63, 3.8) is 0 Å². The largest absolute Gasteiger partial charge is 0.321 e. The minimum atomic E-state index is -0.101. The van der Waals surface area contributed by atoms with Crippen LogP contribution >= 0.6 is 11.6 Å². The SMILES string of the molecule is CCn1nc2cc(C3(N)CC3)ccc2c1Cl. The molecule has 2 aromatic rings. The number of hydrogen-bond donors (Lipinski definition) is 1. The quantitative estimate of drug-likeness (QED) is 0.870. The Labute approximate surface area is 99.2 Å². The molecule has 0 aliphatic heterocycles. The summed E-state index contributed by atoms with van der Waals surface area (Å²) in [6.45, 7) is 2.82. The van der Waals surface area contributed by atoms with Gasteiger partial charge in [0.25, 0.3) is 0 Å². The molecule has 0 radical (unpaired) electrons. The predicted octanol–water partition coefficient (Wildman–Crippen LogP) is 2.66. The maximum atomic E-state index is 6.21. The Morgan fingerprint density at radius 3 is 2.88 bits per heavy atom. The molecule has 1 fully saturated rings. The monoisotopic (exact) mass is 235 g/mol. The van der Waals surface area contributed by atoms with E-state index in [1.54, 1.807) is 0 Å². The number of hydrogen-bond acceptors (Lipinski definition) is 2. The van der Waals surface area contributed by atoms with Gasteiger partial charge in [-0.15, -0.1) is 0 Å². The van der Waals surface area contributed by atoms with E-state index in [1.807, 2.05) is 17.7 Å². The Bertz CT molecular complexity index is 555. The van der Waals surface area contributed by atoms with Crippen LogP contribution in [-0.4, -0.2) is 9.78 Å². The molecule has 3 nitrogen and oxygen atoms in total. The molecular weight excluding hydrogens is 222 g/mol. The van der Waals surface area contributed by atoms with Crippen molar-refractivity contribution in [2.45, 2.75) is 31.8 Å². The van der Waals surface area contributed by atoms with Crippen LogP contribution in [0.5, 0.6) is 0 Å². The highest BCUT2D eigenvalue weighted by Crippen LogP contribution is 2.43. The first-order valence-electron chi connectivity index (χ1n) is 5.59. The van der Waals surface area contributed by atoms with E-state index in [-0.39, 0.29) is 5.54 Å². The fraction of sp³-hybridized carbons (Fsp3) is 0.417. The van der Waals surface area contributed by atoms with Crippen LogP contribution in [-0.2, 0) is 12.1 Å². The Kier molecular flexibility index (Phi) is 2.03. The normalized spacial score (nSPS) is 17.9. The topological polar surface area (TPSA) is 43.8 Å². The van der Waals surface area contributed by atoms with Gasteiger partial charge >= 0.3 is 0 Å². The smallest absolute Gasteiger partial charge is 0.134 e. The Morgan fingerprint density at radius 1 is 1.50 bits per heavy atom. The lowest BCUT2D eigenvalue weighted by Crippen LogP contribution is -2.18. The van der Waals surface area contributed by atoms with Crippen molar-refractivity contribution in [1.82, 2.24) is 9.78 Å². The molecule has 4 heteroatoms. The van der Waals surface area contributed by atoms with Crippen LogP contribution in [0.4, 0.5) is 0 Å². The maximum Gasteiger partial charge on any atom is 0.134 e. The molecule has 0 spiro atoms. The summed E-state index contributed by atoms with van der Waals surface area (Å²) >= 11 is 6.21. The molecule has 0 unspecified atom stereocenters. The number of aromatic nitrogens is 2. The molecule has 0 bridgehead atoms. The molecule has 2 N–H and O–H groups in total. The number of benzene rings is 1. The fourth-order valence-corrected chi connectivity index (χ4v) is 2.36. The lowest BCUT2D eigenvalue weighted by Gasteiger charge is -2.07. The van der Waals surface area contributed by atoms with Crippen LogP contribution in [0.15, 0.2) is 18.2 Å². The standard InChI is InChI=1S/C12H14ClN3/c1-2-16-11(13)9-4-3-8(7-10(9)15-16)12(14)5-6-12/h3-4,7H,2,5-6,14H2,1H3. The lowest BCUT2D eigenvalue weighted by atomic mass is 10.0. The fourth-order valence-electron chi connectivity index (χ4n) is 2.04. The molecule has 1 aliphatic carbocycles. The first-order chi connectivity index (χ1) is 7.64. The average molecular weight is 236 g/mol. The van der Waals surface area contributed by atoms with E-state index in [1.165, 1.54) is 5.56 Å². The van der Waals surface area contributed by atoms with Crippen LogP contribution < -0.4 is 5.73 Å². The molecule has 1 aliphatic rings. The van der Waals surface area contributed by atoms with Crippen molar-refractivity contribution in [2.24, 2.45) is 5.73 Å². The van der Waals surface area contributed by atoms with E-state index in [9.17, 15) is 0 Å². The number of rotatable bonds is 2. The van der Waals surface area contributed by atoms with Gasteiger partial charge < -0.3 is 5.73 Å². The van der Waals surface area contributed by atoms with E-state index in [0.29, 0.717) is 5.15 Å². The van der Waals surface area contributed by atoms with Gasteiger partial charge in [0.2, 0.25) is 0 Å². The summed E-state index contributed by atoms with van der Waals surface area (Å²) in [6, 6.07) is 6.17. The van der Waals surface area contributed by atoms with Crippen molar-refractivity contribution >= 4 is 22.5 Å². The van der Waals surface area contributed by atoms with Crippen LogP contribution in [0.2, 0.25) is 5.15 Å².